The Hall–Kier alpha value is -1.06. The Morgan fingerprint density at radius 3 is 2.19 bits per heavy atom. The summed E-state index contributed by atoms with van der Waals surface area (Å²) in [6.45, 7) is 11.5. The van der Waals surface area contributed by atoms with Crippen molar-refractivity contribution < 1.29 is 9.59 Å². The van der Waals surface area contributed by atoms with E-state index in [4.69, 9.17) is 0 Å². The monoisotopic (exact) mass is 294 g/mol. The van der Waals surface area contributed by atoms with Crippen molar-refractivity contribution in [2.24, 2.45) is 23.7 Å². The van der Waals surface area contributed by atoms with Gasteiger partial charge >= 0.3 is 0 Å². The van der Waals surface area contributed by atoms with Crippen LogP contribution in [0.15, 0.2) is 0 Å². The highest BCUT2D eigenvalue weighted by atomic mass is 16.2. The Morgan fingerprint density at radius 1 is 1.00 bits per heavy atom. The lowest BCUT2D eigenvalue weighted by molar-refractivity contribution is -0.144. The average Bonchev–Trinajstić information content (AvgIpc) is 2.44. The molecular formula is C17H30N2O2. The van der Waals surface area contributed by atoms with E-state index < -0.39 is 0 Å². The third-order valence-corrected chi connectivity index (χ3v) is 4.76. The van der Waals surface area contributed by atoms with Gasteiger partial charge in [0.05, 0.1) is 5.92 Å². The minimum absolute atomic E-state index is 0.0129. The Kier molecular flexibility index (Phi) is 5.28. The Labute approximate surface area is 128 Å². The molecular weight excluding hydrogens is 264 g/mol. The van der Waals surface area contributed by atoms with Gasteiger partial charge in [-0.05, 0) is 31.1 Å². The number of rotatable bonds is 2. The molecule has 3 atom stereocenters. The first-order valence-electron chi connectivity index (χ1n) is 8.46. The maximum Gasteiger partial charge on any atom is 0.227 e. The highest BCUT2D eigenvalue weighted by Crippen LogP contribution is 2.26. The quantitative estimate of drug-likeness (QED) is 0.784. The van der Waals surface area contributed by atoms with E-state index in [1.54, 1.807) is 0 Å². The van der Waals surface area contributed by atoms with Crippen LogP contribution in [0, 0.1) is 23.7 Å². The van der Waals surface area contributed by atoms with Crippen molar-refractivity contribution in [1.29, 1.82) is 0 Å². The maximum absolute atomic E-state index is 12.8. The molecule has 120 valence electrons. The van der Waals surface area contributed by atoms with Gasteiger partial charge in [-0.25, -0.2) is 0 Å². The van der Waals surface area contributed by atoms with Gasteiger partial charge in [0.1, 0.15) is 0 Å². The zero-order chi connectivity index (χ0) is 15.6. The Morgan fingerprint density at radius 2 is 1.62 bits per heavy atom. The highest BCUT2D eigenvalue weighted by molar-refractivity contribution is 5.82. The highest BCUT2D eigenvalue weighted by Gasteiger charge is 2.34. The van der Waals surface area contributed by atoms with E-state index in [0.717, 1.165) is 32.5 Å². The lowest BCUT2D eigenvalue weighted by Gasteiger charge is -2.40. The molecule has 2 heterocycles. The molecule has 2 rings (SSSR count). The van der Waals surface area contributed by atoms with E-state index in [2.05, 4.69) is 13.8 Å². The molecule has 0 aromatic heterocycles. The van der Waals surface area contributed by atoms with E-state index in [-0.39, 0.29) is 23.7 Å². The summed E-state index contributed by atoms with van der Waals surface area (Å²) in [5.41, 5.74) is 0. The van der Waals surface area contributed by atoms with E-state index in [0.29, 0.717) is 18.4 Å². The van der Waals surface area contributed by atoms with Gasteiger partial charge in [-0.1, -0.05) is 27.7 Å². The molecule has 0 N–H and O–H groups in total. The fraction of sp³-hybridized carbons (Fsp3) is 0.882. The molecule has 2 aliphatic rings. The minimum atomic E-state index is 0.0129. The van der Waals surface area contributed by atoms with Crippen molar-refractivity contribution in [2.45, 2.75) is 47.0 Å². The molecule has 21 heavy (non-hydrogen) atoms. The number of nitrogens with zero attached hydrogens (tertiary/aromatic N) is 2. The molecule has 2 amide bonds. The summed E-state index contributed by atoms with van der Waals surface area (Å²) in [6.07, 6.45) is 3.10. The second-order valence-electron chi connectivity index (χ2n) is 7.47. The van der Waals surface area contributed by atoms with E-state index >= 15 is 0 Å². The van der Waals surface area contributed by atoms with Crippen LogP contribution in [-0.4, -0.2) is 47.8 Å². The lowest BCUT2D eigenvalue weighted by Crippen LogP contribution is -2.50. The van der Waals surface area contributed by atoms with Gasteiger partial charge in [0.15, 0.2) is 0 Å². The summed E-state index contributed by atoms with van der Waals surface area (Å²) in [7, 11) is 0. The molecule has 4 heteroatoms. The zero-order valence-electron chi connectivity index (χ0n) is 14.0. The predicted molar refractivity (Wildman–Crippen MR) is 83.7 cm³/mol. The molecule has 0 aromatic carbocycles. The van der Waals surface area contributed by atoms with Gasteiger partial charge < -0.3 is 9.80 Å². The van der Waals surface area contributed by atoms with Crippen molar-refractivity contribution in [2.75, 3.05) is 26.2 Å². The molecule has 0 aromatic rings. The van der Waals surface area contributed by atoms with Gasteiger partial charge in [0, 0.05) is 32.1 Å². The largest absolute Gasteiger partial charge is 0.342 e. The number of hydrogen-bond donors (Lipinski definition) is 0. The first-order valence-corrected chi connectivity index (χ1v) is 8.46. The van der Waals surface area contributed by atoms with E-state index in [9.17, 15) is 9.59 Å². The zero-order valence-corrected chi connectivity index (χ0v) is 14.0. The standard InChI is InChI=1S/C17H30N2O2/c1-12(2)16(20)18-7-5-6-15(11-18)17(21)19-9-13(3)8-14(4)10-19/h12-15H,5-11H2,1-4H3/t13-,14-,15-/m1/s1. The van der Waals surface area contributed by atoms with Crippen molar-refractivity contribution in [3.05, 3.63) is 0 Å². The molecule has 0 aliphatic carbocycles. The normalized spacial score (nSPS) is 30.6. The molecule has 4 nitrogen and oxygen atoms in total. The number of hydrogen-bond acceptors (Lipinski definition) is 2. The van der Waals surface area contributed by atoms with Crippen LogP contribution in [0.3, 0.4) is 0 Å². The van der Waals surface area contributed by atoms with Crippen LogP contribution in [0.1, 0.15) is 47.0 Å². The van der Waals surface area contributed by atoms with Gasteiger partial charge in [0.25, 0.3) is 0 Å². The van der Waals surface area contributed by atoms with Crippen molar-refractivity contribution in [3.63, 3.8) is 0 Å². The van der Waals surface area contributed by atoms with Crippen molar-refractivity contribution >= 4 is 11.8 Å². The number of carbonyl (C=O) groups excluding carboxylic acids is 2. The SMILES string of the molecule is CC(C)C(=O)N1CCC[C@@H](C(=O)N2C[C@H](C)C[C@@H](C)C2)C1. The first-order chi connectivity index (χ1) is 9.88. The number of amides is 2. The second kappa shape index (κ2) is 6.80. The first kappa shape index (κ1) is 16.3. The summed E-state index contributed by atoms with van der Waals surface area (Å²) in [5, 5.41) is 0. The third-order valence-electron chi connectivity index (χ3n) is 4.76. The fourth-order valence-electron chi connectivity index (χ4n) is 3.85. The summed E-state index contributed by atoms with van der Waals surface area (Å²) in [5.74, 6) is 1.68. The smallest absolute Gasteiger partial charge is 0.227 e. The molecule has 0 saturated carbocycles. The van der Waals surface area contributed by atoms with E-state index in [1.807, 2.05) is 23.6 Å². The Bertz CT molecular complexity index is 384. The second-order valence-corrected chi connectivity index (χ2v) is 7.47. The summed E-state index contributed by atoms with van der Waals surface area (Å²) in [6, 6.07) is 0. The van der Waals surface area contributed by atoms with Crippen LogP contribution in [0.4, 0.5) is 0 Å². The molecule has 2 aliphatic heterocycles. The lowest BCUT2D eigenvalue weighted by atomic mass is 9.89. The molecule has 2 fully saturated rings. The maximum atomic E-state index is 12.8. The van der Waals surface area contributed by atoms with Gasteiger partial charge in [0.2, 0.25) is 11.8 Å². The summed E-state index contributed by atoms with van der Waals surface area (Å²) < 4.78 is 0. The fourth-order valence-corrected chi connectivity index (χ4v) is 3.85. The van der Waals surface area contributed by atoms with Crippen LogP contribution in [-0.2, 0) is 9.59 Å². The van der Waals surface area contributed by atoms with Crippen molar-refractivity contribution in [1.82, 2.24) is 9.80 Å². The van der Waals surface area contributed by atoms with Crippen LogP contribution in [0.5, 0.6) is 0 Å². The van der Waals surface area contributed by atoms with Gasteiger partial charge in [-0.15, -0.1) is 0 Å². The minimum Gasteiger partial charge on any atom is -0.342 e. The van der Waals surface area contributed by atoms with Gasteiger partial charge in [-0.2, -0.15) is 0 Å². The average molecular weight is 294 g/mol. The molecule has 0 spiro atoms. The predicted octanol–water partition coefficient (Wildman–Crippen LogP) is 2.39. The topological polar surface area (TPSA) is 40.6 Å². The third kappa shape index (κ3) is 3.98. The number of likely N-dealkylation sites (tertiary alicyclic amines) is 2. The van der Waals surface area contributed by atoms with Gasteiger partial charge in [-0.3, -0.25) is 9.59 Å². The van der Waals surface area contributed by atoms with Crippen LogP contribution < -0.4 is 0 Å². The number of carbonyl (C=O) groups is 2. The molecule has 0 radical (unpaired) electrons. The number of piperidine rings is 2. The molecule has 2 saturated heterocycles. The van der Waals surface area contributed by atoms with Crippen LogP contribution in [0.2, 0.25) is 0 Å². The Balaban J connectivity index is 1.97. The molecule has 0 unspecified atom stereocenters. The van der Waals surface area contributed by atoms with Crippen LogP contribution >= 0.6 is 0 Å². The van der Waals surface area contributed by atoms with E-state index in [1.165, 1.54) is 6.42 Å². The summed E-state index contributed by atoms with van der Waals surface area (Å²) >= 11 is 0. The molecule has 0 bridgehead atoms. The van der Waals surface area contributed by atoms with Crippen LogP contribution in [0.25, 0.3) is 0 Å². The summed E-state index contributed by atoms with van der Waals surface area (Å²) in [4.78, 5) is 28.9. The van der Waals surface area contributed by atoms with Crippen molar-refractivity contribution in [3.8, 4) is 0 Å².